The summed E-state index contributed by atoms with van der Waals surface area (Å²) in [7, 11) is 0. The summed E-state index contributed by atoms with van der Waals surface area (Å²) in [5.41, 5.74) is 1.43. The number of hydrogen-bond acceptors (Lipinski definition) is 3. The summed E-state index contributed by atoms with van der Waals surface area (Å²) in [5.74, 6) is -0.189. The average molecular weight is 276 g/mol. The van der Waals surface area contributed by atoms with Gasteiger partial charge in [0.15, 0.2) is 0 Å². The maximum Gasteiger partial charge on any atom is 0.127 e. The van der Waals surface area contributed by atoms with E-state index in [1.807, 2.05) is 23.9 Å². The maximum atomic E-state index is 13.7. The number of hydrogen-bond donors (Lipinski definition) is 1. The van der Waals surface area contributed by atoms with Gasteiger partial charge in [0.05, 0.1) is 17.4 Å². The van der Waals surface area contributed by atoms with E-state index in [1.165, 1.54) is 6.07 Å². The molecule has 2 aromatic rings. The van der Waals surface area contributed by atoms with Crippen molar-refractivity contribution in [1.29, 1.82) is 0 Å². The highest BCUT2D eigenvalue weighted by molar-refractivity contribution is 5.20. The lowest BCUT2D eigenvalue weighted by Crippen LogP contribution is -2.22. The fraction of sp³-hybridized carbons (Fsp3) is 0.467. The van der Waals surface area contributed by atoms with Crippen molar-refractivity contribution in [2.75, 3.05) is 0 Å². The third kappa shape index (κ3) is 3.42. The average Bonchev–Trinajstić information content (AvgIpc) is 2.85. The summed E-state index contributed by atoms with van der Waals surface area (Å²) in [4.78, 5) is 0. The normalized spacial score (nSPS) is 13.4. The van der Waals surface area contributed by atoms with E-state index in [-0.39, 0.29) is 17.4 Å². The van der Waals surface area contributed by atoms with Crippen LogP contribution in [0.2, 0.25) is 0 Å². The van der Waals surface area contributed by atoms with Gasteiger partial charge in [-0.05, 0) is 33.8 Å². The van der Waals surface area contributed by atoms with Gasteiger partial charge in [-0.1, -0.05) is 23.4 Å². The Balaban J connectivity index is 1.99. The summed E-state index contributed by atoms with van der Waals surface area (Å²) in [6.45, 7) is 8.71. The molecular formula is C15H21FN4. The van der Waals surface area contributed by atoms with Crippen LogP contribution < -0.4 is 5.32 Å². The lowest BCUT2D eigenvalue weighted by Gasteiger charge is -2.17. The monoisotopic (exact) mass is 276 g/mol. The molecule has 108 valence electrons. The molecule has 1 aromatic heterocycles. The van der Waals surface area contributed by atoms with Gasteiger partial charge in [0, 0.05) is 18.2 Å². The lowest BCUT2D eigenvalue weighted by molar-refractivity contribution is 0.347. The molecule has 5 heteroatoms. The molecule has 1 aromatic carbocycles. The quantitative estimate of drug-likeness (QED) is 0.933. The number of nitrogens with zero attached hydrogens (tertiary/aromatic N) is 3. The molecule has 0 aliphatic rings. The Morgan fingerprint density at radius 3 is 2.60 bits per heavy atom. The maximum absolute atomic E-state index is 13.7. The first-order chi connectivity index (χ1) is 9.38. The molecule has 1 atom stereocenters. The molecule has 1 heterocycles. The Morgan fingerprint density at radius 2 is 2.00 bits per heavy atom. The second kappa shape index (κ2) is 5.71. The zero-order chi connectivity index (χ0) is 14.8. The molecule has 0 aliphatic carbocycles. The van der Waals surface area contributed by atoms with E-state index < -0.39 is 0 Å². The van der Waals surface area contributed by atoms with Crippen LogP contribution in [0.1, 0.15) is 45.0 Å². The lowest BCUT2D eigenvalue weighted by atomic mass is 10.1. The summed E-state index contributed by atoms with van der Waals surface area (Å²) in [5, 5.41) is 11.5. The first-order valence-corrected chi connectivity index (χ1v) is 6.77. The Hall–Kier alpha value is -1.75. The molecule has 0 amide bonds. The van der Waals surface area contributed by atoms with Crippen LogP contribution in [0.15, 0.2) is 30.5 Å². The van der Waals surface area contributed by atoms with E-state index in [0.29, 0.717) is 12.1 Å². The van der Waals surface area contributed by atoms with E-state index in [4.69, 9.17) is 0 Å². The minimum Gasteiger partial charge on any atom is -0.304 e. The number of aromatic nitrogens is 3. The number of rotatable bonds is 4. The largest absolute Gasteiger partial charge is 0.304 e. The molecule has 0 aliphatic heterocycles. The smallest absolute Gasteiger partial charge is 0.127 e. The molecule has 0 bridgehead atoms. The van der Waals surface area contributed by atoms with Gasteiger partial charge < -0.3 is 5.32 Å². The highest BCUT2D eigenvalue weighted by atomic mass is 19.1. The van der Waals surface area contributed by atoms with E-state index in [0.717, 1.165) is 5.69 Å². The molecule has 20 heavy (non-hydrogen) atoms. The molecule has 0 saturated carbocycles. The first-order valence-electron chi connectivity index (χ1n) is 6.77. The fourth-order valence-corrected chi connectivity index (χ4v) is 1.90. The Bertz CT molecular complexity index is 571. The highest BCUT2D eigenvalue weighted by Gasteiger charge is 2.15. The minimum absolute atomic E-state index is 0.0732. The second-order valence-electron chi connectivity index (χ2n) is 5.95. The topological polar surface area (TPSA) is 42.7 Å². The molecular weight excluding hydrogens is 255 g/mol. The molecule has 2 rings (SSSR count). The van der Waals surface area contributed by atoms with Crippen LogP contribution in [0, 0.1) is 5.82 Å². The van der Waals surface area contributed by atoms with Crippen molar-refractivity contribution in [3.8, 4) is 0 Å². The summed E-state index contributed by atoms with van der Waals surface area (Å²) in [6.07, 6.45) is 1.92. The van der Waals surface area contributed by atoms with Gasteiger partial charge in [-0.3, -0.25) is 0 Å². The van der Waals surface area contributed by atoms with Crippen LogP contribution in [0.25, 0.3) is 0 Å². The van der Waals surface area contributed by atoms with Crippen LogP contribution in [-0.4, -0.2) is 15.0 Å². The zero-order valence-electron chi connectivity index (χ0n) is 12.4. The molecule has 0 spiro atoms. The Kier molecular flexibility index (Phi) is 4.18. The number of nitrogens with one attached hydrogen (secondary N) is 1. The summed E-state index contributed by atoms with van der Waals surface area (Å²) in [6, 6.07) is 6.73. The zero-order valence-corrected chi connectivity index (χ0v) is 12.4. The minimum atomic E-state index is -0.189. The van der Waals surface area contributed by atoms with Crippen LogP contribution in [-0.2, 0) is 12.1 Å². The summed E-state index contributed by atoms with van der Waals surface area (Å²) < 4.78 is 15.5. The summed E-state index contributed by atoms with van der Waals surface area (Å²) >= 11 is 0. The van der Waals surface area contributed by atoms with Gasteiger partial charge in [-0.15, -0.1) is 5.10 Å². The van der Waals surface area contributed by atoms with E-state index in [1.54, 1.807) is 12.1 Å². The van der Waals surface area contributed by atoms with Gasteiger partial charge >= 0.3 is 0 Å². The Morgan fingerprint density at radius 1 is 1.30 bits per heavy atom. The number of benzene rings is 1. The van der Waals surface area contributed by atoms with Crippen LogP contribution in [0.5, 0.6) is 0 Å². The Labute approximate surface area is 119 Å². The fourth-order valence-electron chi connectivity index (χ4n) is 1.90. The van der Waals surface area contributed by atoms with Gasteiger partial charge in [0.1, 0.15) is 5.82 Å². The van der Waals surface area contributed by atoms with Crippen molar-refractivity contribution < 1.29 is 4.39 Å². The molecule has 0 radical (unpaired) electrons. The molecule has 4 nitrogen and oxygen atoms in total. The van der Waals surface area contributed by atoms with Crippen molar-refractivity contribution in [2.45, 2.75) is 45.8 Å². The van der Waals surface area contributed by atoms with Crippen molar-refractivity contribution in [3.05, 3.63) is 47.5 Å². The van der Waals surface area contributed by atoms with E-state index in [2.05, 4.69) is 36.4 Å². The van der Waals surface area contributed by atoms with E-state index >= 15 is 0 Å². The second-order valence-corrected chi connectivity index (χ2v) is 5.95. The SMILES string of the molecule is C[C@@H](NCc1cn(C(C)(C)C)nn1)c1ccccc1F. The predicted molar refractivity (Wildman–Crippen MR) is 76.7 cm³/mol. The highest BCUT2D eigenvalue weighted by Crippen LogP contribution is 2.17. The van der Waals surface area contributed by atoms with Crippen molar-refractivity contribution >= 4 is 0 Å². The molecule has 0 fully saturated rings. The van der Waals surface area contributed by atoms with Gasteiger partial charge in [-0.2, -0.15) is 0 Å². The van der Waals surface area contributed by atoms with Crippen LogP contribution in [0.3, 0.4) is 0 Å². The van der Waals surface area contributed by atoms with Gasteiger partial charge in [0.2, 0.25) is 0 Å². The predicted octanol–water partition coefficient (Wildman–Crippen LogP) is 3.02. The van der Waals surface area contributed by atoms with Crippen LogP contribution >= 0.6 is 0 Å². The first kappa shape index (κ1) is 14.7. The van der Waals surface area contributed by atoms with Crippen molar-refractivity contribution in [3.63, 3.8) is 0 Å². The van der Waals surface area contributed by atoms with E-state index in [9.17, 15) is 4.39 Å². The van der Waals surface area contributed by atoms with Crippen molar-refractivity contribution in [1.82, 2.24) is 20.3 Å². The molecule has 1 N–H and O–H groups in total. The third-order valence-electron chi connectivity index (χ3n) is 3.19. The molecule has 0 unspecified atom stereocenters. The van der Waals surface area contributed by atoms with Gasteiger partial charge in [-0.25, -0.2) is 9.07 Å². The van der Waals surface area contributed by atoms with Gasteiger partial charge in [0.25, 0.3) is 0 Å². The van der Waals surface area contributed by atoms with Crippen LogP contribution in [0.4, 0.5) is 4.39 Å². The van der Waals surface area contributed by atoms with Crippen molar-refractivity contribution in [2.24, 2.45) is 0 Å². The standard InChI is InChI=1S/C15H21FN4/c1-11(13-7-5-6-8-14(13)16)17-9-12-10-20(19-18-12)15(2,3)4/h5-8,10-11,17H,9H2,1-4H3/t11-/m1/s1. The number of halogens is 1. The third-order valence-corrected chi connectivity index (χ3v) is 3.19. The molecule has 0 saturated heterocycles.